The van der Waals surface area contributed by atoms with Gasteiger partial charge in [-0.05, 0) is 26.0 Å². The van der Waals surface area contributed by atoms with Gasteiger partial charge in [0, 0.05) is 12.3 Å². The molecule has 0 saturated carbocycles. The average molecular weight is 183 g/mol. The van der Waals surface area contributed by atoms with Crippen LogP contribution in [0, 0.1) is 0 Å². The number of aliphatic hydroxyl groups excluding tert-OH is 2. The van der Waals surface area contributed by atoms with E-state index in [2.05, 4.69) is 5.32 Å². The lowest BCUT2D eigenvalue weighted by atomic mass is 10.3. The summed E-state index contributed by atoms with van der Waals surface area (Å²) in [4.78, 5) is 0. The molecule has 0 amide bonds. The van der Waals surface area contributed by atoms with Gasteiger partial charge in [0.1, 0.15) is 6.23 Å². The predicted molar refractivity (Wildman–Crippen MR) is 54.5 cm³/mol. The summed E-state index contributed by atoms with van der Waals surface area (Å²) in [6, 6.07) is 9.60. The fourth-order valence-electron chi connectivity index (χ4n) is 0.776. The largest absolute Gasteiger partial charge is 0.397 e. The molecule has 0 heterocycles. The van der Waals surface area contributed by atoms with Gasteiger partial charge in [0.05, 0.1) is 0 Å². The van der Waals surface area contributed by atoms with Gasteiger partial charge in [0.2, 0.25) is 0 Å². The quantitative estimate of drug-likeness (QED) is 0.608. The van der Waals surface area contributed by atoms with Crippen LogP contribution in [0.1, 0.15) is 13.8 Å². The molecule has 1 aromatic carbocycles. The number of hydrogen-bond donors (Lipinski definition) is 3. The van der Waals surface area contributed by atoms with Crippen molar-refractivity contribution in [1.82, 2.24) is 0 Å². The summed E-state index contributed by atoms with van der Waals surface area (Å²) in [5.74, 6) is 0. The molecule has 0 fully saturated rings. The fourth-order valence-corrected chi connectivity index (χ4v) is 0.776. The monoisotopic (exact) mass is 183 g/mol. The Labute approximate surface area is 79.0 Å². The van der Waals surface area contributed by atoms with Crippen molar-refractivity contribution in [1.29, 1.82) is 0 Å². The molecule has 0 aromatic heterocycles. The van der Waals surface area contributed by atoms with Gasteiger partial charge in [-0.25, -0.2) is 0 Å². The Kier molecular flexibility index (Phi) is 6.96. The maximum Gasteiger partial charge on any atom is 0.121 e. The van der Waals surface area contributed by atoms with E-state index in [9.17, 15) is 0 Å². The lowest BCUT2D eigenvalue weighted by Crippen LogP contribution is -2.12. The highest BCUT2D eigenvalue weighted by Gasteiger charge is 1.91. The first-order chi connectivity index (χ1) is 6.20. The highest BCUT2D eigenvalue weighted by atomic mass is 16.3. The van der Waals surface area contributed by atoms with E-state index in [1.165, 1.54) is 0 Å². The van der Waals surface area contributed by atoms with Gasteiger partial charge in [-0.2, -0.15) is 0 Å². The third-order valence-electron chi connectivity index (χ3n) is 1.15. The lowest BCUT2D eigenvalue weighted by Gasteiger charge is -2.07. The van der Waals surface area contributed by atoms with Gasteiger partial charge in [-0.1, -0.05) is 18.2 Å². The topological polar surface area (TPSA) is 52.5 Å². The average Bonchev–Trinajstić information content (AvgIpc) is 2.06. The first kappa shape index (κ1) is 11.9. The normalized spacial score (nSPS) is 11.1. The van der Waals surface area contributed by atoms with Crippen molar-refractivity contribution < 1.29 is 10.2 Å². The Hall–Kier alpha value is -1.06. The number of aliphatic hydroxyl groups is 2. The van der Waals surface area contributed by atoms with E-state index in [4.69, 9.17) is 10.2 Å². The number of hydrogen-bond acceptors (Lipinski definition) is 3. The van der Waals surface area contributed by atoms with Crippen molar-refractivity contribution in [3.63, 3.8) is 0 Å². The van der Waals surface area contributed by atoms with E-state index in [1.807, 2.05) is 30.3 Å². The highest BCUT2D eigenvalue weighted by Crippen LogP contribution is 2.04. The Morgan fingerprint density at radius 1 is 1.31 bits per heavy atom. The molecule has 3 nitrogen and oxygen atoms in total. The summed E-state index contributed by atoms with van der Waals surface area (Å²) in [5.41, 5.74) is 0.942. The van der Waals surface area contributed by atoms with Crippen molar-refractivity contribution in [2.24, 2.45) is 0 Å². The molecule has 1 atom stereocenters. The summed E-state index contributed by atoms with van der Waals surface area (Å²) in [6.45, 7) is 3.62. The molecule has 3 heteroatoms. The Morgan fingerprint density at radius 2 is 1.77 bits per heavy atom. The molecular weight excluding hydrogens is 166 g/mol. The van der Waals surface area contributed by atoms with E-state index in [1.54, 1.807) is 13.8 Å². The van der Waals surface area contributed by atoms with Crippen LogP contribution in [-0.4, -0.2) is 23.0 Å². The van der Waals surface area contributed by atoms with Crippen LogP contribution in [0.5, 0.6) is 0 Å². The molecule has 0 aliphatic heterocycles. The lowest BCUT2D eigenvalue weighted by molar-refractivity contribution is 0.224. The molecule has 1 unspecified atom stereocenters. The van der Waals surface area contributed by atoms with Gasteiger partial charge in [-0.3, -0.25) is 0 Å². The van der Waals surface area contributed by atoms with Crippen molar-refractivity contribution >= 4 is 5.69 Å². The molecule has 0 saturated heterocycles. The van der Waals surface area contributed by atoms with Crippen LogP contribution in [0.25, 0.3) is 0 Å². The third kappa shape index (κ3) is 7.31. The number of para-hydroxylation sites is 1. The molecular formula is C10H17NO2. The maximum absolute atomic E-state index is 8.89. The highest BCUT2D eigenvalue weighted by molar-refractivity contribution is 5.42. The van der Waals surface area contributed by atoms with Gasteiger partial charge in [-0.15, -0.1) is 0 Å². The summed E-state index contributed by atoms with van der Waals surface area (Å²) < 4.78 is 0. The van der Waals surface area contributed by atoms with E-state index >= 15 is 0 Å². The van der Waals surface area contributed by atoms with Gasteiger partial charge in [0.25, 0.3) is 0 Å². The zero-order valence-electron chi connectivity index (χ0n) is 8.07. The molecule has 0 radical (unpaired) electrons. The molecule has 0 spiro atoms. The molecule has 0 aliphatic rings. The number of rotatable bonds is 2. The van der Waals surface area contributed by atoms with Crippen LogP contribution >= 0.6 is 0 Å². The second-order valence-corrected chi connectivity index (χ2v) is 2.50. The van der Waals surface area contributed by atoms with E-state index < -0.39 is 6.23 Å². The SMILES string of the molecule is CC(O)Nc1ccccc1.CCO. The minimum atomic E-state index is -0.484. The summed E-state index contributed by atoms with van der Waals surface area (Å²) in [7, 11) is 0. The van der Waals surface area contributed by atoms with Crippen molar-refractivity contribution in [2.75, 3.05) is 11.9 Å². The molecule has 1 aromatic rings. The van der Waals surface area contributed by atoms with Crippen LogP contribution in [0.2, 0.25) is 0 Å². The molecule has 1 rings (SSSR count). The van der Waals surface area contributed by atoms with Crippen LogP contribution in [0.3, 0.4) is 0 Å². The smallest absolute Gasteiger partial charge is 0.121 e. The Morgan fingerprint density at radius 3 is 2.15 bits per heavy atom. The Balaban J connectivity index is 0.000000424. The van der Waals surface area contributed by atoms with E-state index in [-0.39, 0.29) is 6.61 Å². The number of benzene rings is 1. The second kappa shape index (κ2) is 7.58. The minimum absolute atomic E-state index is 0.250. The standard InChI is InChI=1S/C8H11NO.C2H6O/c1-7(10)9-8-5-3-2-4-6-8;1-2-3/h2-7,9-10H,1H3;3H,2H2,1H3. The zero-order chi connectivity index (χ0) is 10.1. The van der Waals surface area contributed by atoms with Crippen LogP contribution in [-0.2, 0) is 0 Å². The van der Waals surface area contributed by atoms with Gasteiger partial charge in [0.15, 0.2) is 0 Å². The summed E-state index contributed by atoms with van der Waals surface area (Å²) in [5, 5.41) is 19.3. The molecule has 0 aliphatic carbocycles. The minimum Gasteiger partial charge on any atom is -0.397 e. The van der Waals surface area contributed by atoms with Crippen LogP contribution in [0.4, 0.5) is 5.69 Å². The first-order valence-electron chi connectivity index (χ1n) is 4.31. The summed E-state index contributed by atoms with van der Waals surface area (Å²) >= 11 is 0. The molecule has 0 bridgehead atoms. The van der Waals surface area contributed by atoms with Crippen molar-refractivity contribution in [2.45, 2.75) is 20.1 Å². The third-order valence-corrected chi connectivity index (χ3v) is 1.15. The fraction of sp³-hybridized carbons (Fsp3) is 0.400. The van der Waals surface area contributed by atoms with Gasteiger partial charge >= 0.3 is 0 Å². The zero-order valence-corrected chi connectivity index (χ0v) is 8.07. The summed E-state index contributed by atoms with van der Waals surface area (Å²) in [6.07, 6.45) is -0.484. The molecule has 74 valence electrons. The number of anilines is 1. The Bertz CT molecular complexity index is 199. The molecule has 13 heavy (non-hydrogen) atoms. The molecule has 3 N–H and O–H groups in total. The van der Waals surface area contributed by atoms with Crippen LogP contribution in [0.15, 0.2) is 30.3 Å². The van der Waals surface area contributed by atoms with E-state index in [0.29, 0.717) is 0 Å². The van der Waals surface area contributed by atoms with Crippen molar-refractivity contribution in [3.8, 4) is 0 Å². The first-order valence-corrected chi connectivity index (χ1v) is 4.31. The predicted octanol–water partition coefficient (Wildman–Crippen LogP) is 1.44. The number of nitrogens with one attached hydrogen (secondary N) is 1. The second-order valence-electron chi connectivity index (χ2n) is 2.50. The van der Waals surface area contributed by atoms with E-state index in [0.717, 1.165) is 5.69 Å². The maximum atomic E-state index is 8.89. The van der Waals surface area contributed by atoms with Crippen molar-refractivity contribution in [3.05, 3.63) is 30.3 Å². The van der Waals surface area contributed by atoms with Crippen LogP contribution < -0.4 is 5.32 Å². The van der Waals surface area contributed by atoms with Gasteiger partial charge < -0.3 is 15.5 Å².